The van der Waals surface area contributed by atoms with Crippen molar-refractivity contribution < 1.29 is 30.0 Å². The second-order valence-electron chi connectivity index (χ2n) is 0.532. The van der Waals surface area contributed by atoms with Crippen molar-refractivity contribution >= 4 is 29.9 Å². The van der Waals surface area contributed by atoms with Crippen molar-refractivity contribution in [1.29, 1.82) is 0 Å². The third-order valence-electron chi connectivity index (χ3n) is 0. The van der Waals surface area contributed by atoms with Crippen molar-refractivity contribution in [3.05, 3.63) is 0 Å². The molecule has 0 saturated carbocycles. The molecule has 0 unspecified atom stereocenters. The molecule has 2 N–H and O–H groups in total. The van der Waals surface area contributed by atoms with E-state index in [1.165, 1.54) is 0 Å². The van der Waals surface area contributed by atoms with Gasteiger partial charge in [-0.05, 0) is 0 Å². The summed E-state index contributed by atoms with van der Waals surface area (Å²) in [4.78, 5) is 16.9. The number of hydrogen-bond donors (Lipinski definition) is 2. The summed E-state index contributed by atoms with van der Waals surface area (Å²) in [7, 11) is 0. The fourth-order valence-electron chi connectivity index (χ4n) is 0. The van der Waals surface area contributed by atoms with Crippen LogP contribution in [0.4, 0.5) is 9.59 Å². The molecule has 7 heteroatoms. The fraction of sp³-hybridized carbons (Fsp3) is 0. The van der Waals surface area contributed by atoms with Gasteiger partial charge in [0.1, 0.15) is 0 Å². The van der Waals surface area contributed by atoms with E-state index in [0.29, 0.717) is 0 Å². The van der Waals surface area contributed by atoms with Crippen LogP contribution >= 0.6 is 0 Å². The number of carboxylic acid groups (broad SMARTS) is 4. The van der Waals surface area contributed by atoms with Crippen LogP contribution in [-0.4, -0.2) is 40.1 Å². The number of carbonyl (C=O) groups is 2. The van der Waals surface area contributed by atoms with E-state index in [2.05, 4.69) is 0 Å². The van der Waals surface area contributed by atoms with E-state index in [0.717, 1.165) is 0 Å². The molecule has 0 aromatic carbocycles. The molecule has 9 heavy (non-hydrogen) atoms. The van der Waals surface area contributed by atoms with Gasteiger partial charge in [0.15, 0.2) is 0 Å². The maximum atomic E-state index is 8.44. The standard InChI is InChI=1S/2CH2O3.Ge/c2*2-1(3)4;/h2*(H2,2,3,4);/p-2. The summed E-state index contributed by atoms with van der Waals surface area (Å²) in [5, 5.41) is 30.6. The molecule has 0 spiro atoms. The molecule has 0 rings (SSSR count). The van der Waals surface area contributed by atoms with Crippen molar-refractivity contribution in [2.75, 3.05) is 0 Å². The van der Waals surface area contributed by atoms with Crippen molar-refractivity contribution in [1.82, 2.24) is 0 Å². The van der Waals surface area contributed by atoms with Crippen LogP contribution in [0.25, 0.3) is 0 Å². The molecule has 0 heterocycles. The van der Waals surface area contributed by atoms with Crippen molar-refractivity contribution in [2.24, 2.45) is 0 Å². The Labute approximate surface area is 60.7 Å². The Kier molecular flexibility index (Phi) is 17.7. The largest absolute Gasteiger partial charge is 0.565 e. The predicted octanol–water partition coefficient (Wildman–Crippen LogP) is -2.61. The van der Waals surface area contributed by atoms with Crippen LogP contribution in [0, 0.1) is 0 Å². The Morgan fingerprint density at radius 1 is 1.00 bits per heavy atom. The molecular formula is C2H2GeO6-2. The van der Waals surface area contributed by atoms with E-state index >= 15 is 0 Å². The Morgan fingerprint density at radius 2 is 1.00 bits per heavy atom. The predicted molar refractivity (Wildman–Crippen MR) is 21.8 cm³/mol. The van der Waals surface area contributed by atoms with Crippen LogP contribution in [0.2, 0.25) is 0 Å². The first-order valence-corrected chi connectivity index (χ1v) is 1.26. The van der Waals surface area contributed by atoms with Gasteiger partial charge in [-0.25, -0.2) is 0 Å². The van der Waals surface area contributed by atoms with Crippen LogP contribution in [0.15, 0.2) is 0 Å². The minimum absolute atomic E-state index is 0. The molecule has 0 saturated heterocycles. The average Bonchev–Trinajstić information content (AvgIpc) is 1.25. The van der Waals surface area contributed by atoms with Crippen molar-refractivity contribution in [2.45, 2.75) is 0 Å². The van der Waals surface area contributed by atoms with E-state index in [9.17, 15) is 0 Å². The second kappa shape index (κ2) is 10.1. The summed E-state index contributed by atoms with van der Waals surface area (Å²) in [6.45, 7) is 0. The third-order valence-corrected chi connectivity index (χ3v) is 0. The average molecular weight is 195 g/mol. The minimum atomic E-state index is -2.08. The number of hydrogen-bond acceptors (Lipinski definition) is 4. The Balaban J connectivity index is -0.0000000720. The Morgan fingerprint density at radius 3 is 1.00 bits per heavy atom. The van der Waals surface area contributed by atoms with E-state index in [1.807, 2.05) is 0 Å². The fourth-order valence-corrected chi connectivity index (χ4v) is 0. The van der Waals surface area contributed by atoms with Gasteiger partial charge in [-0.15, -0.1) is 0 Å². The molecule has 0 fully saturated rings. The van der Waals surface area contributed by atoms with Gasteiger partial charge < -0.3 is 30.0 Å². The zero-order chi connectivity index (χ0) is 7.15. The van der Waals surface area contributed by atoms with Gasteiger partial charge in [-0.3, -0.25) is 0 Å². The van der Waals surface area contributed by atoms with Crippen LogP contribution in [0.3, 0.4) is 0 Å². The van der Waals surface area contributed by atoms with E-state index < -0.39 is 12.3 Å². The summed E-state index contributed by atoms with van der Waals surface area (Å²) >= 11 is 0. The molecule has 0 bridgehead atoms. The number of rotatable bonds is 0. The zero-order valence-electron chi connectivity index (χ0n) is 4.03. The van der Waals surface area contributed by atoms with E-state index in [1.54, 1.807) is 0 Å². The molecule has 0 amide bonds. The van der Waals surface area contributed by atoms with Crippen LogP contribution in [0.1, 0.15) is 0 Å². The molecule has 0 aliphatic rings. The normalized spacial score (nSPS) is 5.33. The van der Waals surface area contributed by atoms with Crippen molar-refractivity contribution in [3.63, 3.8) is 0 Å². The van der Waals surface area contributed by atoms with Crippen LogP contribution in [0.5, 0.6) is 0 Å². The molecule has 52 valence electrons. The van der Waals surface area contributed by atoms with Gasteiger partial charge in [-0.1, -0.05) is 0 Å². The van der Waals surface area contributed by atoms with Gasteiger partial charge in [0.2, 0.25) is 12.3 Å². The maximum absolute atomic E-state index is 8.44. The van der Waals surface area contributed by atoms with E-state index in [4.69, 9.17) is 30.0 Å². The van der Waals surface area contributed by atoms with Gasteiger partial charge in [0.05, 0.1) is 0 Å². The zero-order valence-corrected chi connectivity index (χ0v) is 6.13. The minimum Gasteiger partial charge on any atom is -0.565 e. The van der Waals surface area contributed by atoms with Gasteiger partial charge in [0, 0.05) is 17.6 Å². The van der Waals surface area contributed by atoms with Gasteiger partial charge in [0.25, 0.3) is 0 Å². The second-order valence-corrected chi connectivity index (χ2v) is 0.532. The summed E-state index contributed by atoms with van der Waals surface area (Å²) in [6.07, 6.45) is -4.17. The molecule has 6 nitrogen and oxygen atoms in total. The third kappa shape index (κ3) is 218. The van der Waals surface area contributed by atoms with Crippen LogP contribution < -0.4 is 10.2 Å². The summed E-state index contributed by atoms with van der Waals surface area (Å²) in [5.41, 5.74) is 0. The first kappa shape index (κ1) is 15.7. The first-order chi connectivity index (χ1) is 3.46. The molecule has 0 aromatic rings. The summed E-state index contributed by atoms with van der Waals surface area (Å²) in [5.74, 6) is 0. The molecule has 0 atom stereocenters. The maximum Gasteiger partial charge on any atom is 0.249 e. The summed E-state index contributed by atoms with van der Waals surface area (Å²) < 4.78 is 0. The molecular weight excluding hydrogens is 193 g/mol. The quantitative estimate of drug-likeness (QED) is 0.408. The molecule has 0 aliphatic carbocycles. The van der Waals surface area contributed by atoms with Crippen molar-refractivity contribution in [3.8, 4) is 0 Å². The Hall–Kier alpha value is -0.917. The monoisotopic (exact) mass is 196 g/mol. The molecule has 0 aliphatic heterocycles. The van der Waals surface area contributed by atoms with Gasteiger partial charge in [-0.2, -0.15) is 0 Å². The SMILES string of the molecule is O=C([O-])O.O=C([O-])O.[Ge]. The van der Waals surface area contributed by atoms with Gasteiger partial charge >= 0.3 is 0 Å². The topological polar surface area (TPSA) is 121 Å². The smallest absolute Gasteiger partial charge is 0.249 e. The summed E-state index contributed by atoms with van der Waals surface area (Å²) in [6, 6.07) is 0. The van der Waals surface area contributed by atoms with Crippen LogP contribution in [-0.2, 0) is 0 Å². The first-order valence-electron chi connectivity index (χ1n) is 1.26. The Bertz CT molecular complexity index is 69.1. The van der Waals surface area contributed by atoms with E-state index in [-0.39, 0.29) is 17.6 Å². The molecule has 4 radical (unpaired) electrons. The molecule has 0 aromatic heterocycles.